The van der Waals surface area contributed by atoms with E-state index in [2.05, 4.69) is 10.2 Å². The number of nitrogens with one attached hydrogen (secondary N) is 1. The van der Waals surface area contributed by atoms with E-state index in [1.165, 1.54) is 4.90 Å². The summed E-state index contributed by atoms with van der Waals surface area (Å²) >= 11 is 0. The third-order valence-corrected chi connectivity index (χ3v) is 6.04. The molecule has 2 aliphatic heterocycles. The highest BCUT2D eigenvalue weighted by atomic mass is 19.3. The molecule has 1 aromatic carbocycles. The maximum absolute atomic E-state index is 12.4. The third-order valence-electron chi connectivity index (χ3n) is 6.04. The number of piperidine rings is 1. The minimum atomic E-state index is -3.11. The monoisotopic (exact) mass is 451 g/mol. The quantitative estimate of drug-likeness (QED) is 0.669. The number of anilines is 2. The summed E-state index contributed by atoms with van der Waals surface area (Å²) in [6, 6.07) is 6.72. The lowest BCUT2D eigenvalue weighted by atomic mass is 10.1. The van der Waals surface area contributed by atoms with Gasteiger partial charge in [-0.25, -0.2) is 4.79 Å². The van der Waals surface area contributed by atoms with Gasteiger partial charge < -0.3 is 19.7 Å². The van der Waals surface area contributed by atoms with E-state index in [4.69, 9.17) is 9.47 Å². The van der Waals surface area contributed by atoms with Crippen molar-refractivity contribution in [3.05, 3.63) is 24.3 Å². The summed E-state index contributed by atoms with van der Waals surface area (Å²) in [6.07, 6.45) is -3.70. The molecule has 8 nitrogen and oxygen atoms in total. The number of hydrogen-bond acceptors (Lipinski definition) is 6. The summed E-state index contributed by atoms with van der Waals surface area (Å²) < 4.78 is 35.4. The van der Waals surface area contributed by atoms with Gasteiger partial charge in [0.2, 0.25) is 0 Å². The van der Waals surface area contributed by atoms with Gasteiger partial charge in [-0.05, 0) is 56.9 Å². The van der Waals surface area contributed by atoms with E-state index in [1.54, 1.807) is 12.1 Å². The summed E-state index contributed by atoms with van der Waals surface area (Å²) in [6.45, 7) is 7.01. The molecule has 174 valence electrons. The van der Waals surface area contributed by atoms with Gasteiger partial charge in [-0.1, -0.05) is 0 Å². The number of ether oxygens (including phenoxy) is 2. The van der Waals surface area contributed by atoms with Crippen LogP contribution in [0.15, 0.2) is 24.3 Å². The zero-order valence-corrected chi connectivity index (χ0v) is 18.2. The first-order valence-electron chi connectivity index (χ1n) is 10.6. The molecule has 3 aliphatic rings. The number of esters is 1. The minimum absolute atomic E-state index is 0.00560. The SMILES string of the molecule is CC(C)(C)OC(=O)C1[C@H]2CN(c3ccc(N4C(=O)OC[C@@H]4CNC(=O)C(F)F)cc3)C[C@@H]12. The molecule has 32 heavy (non-hydrogen) atoms. The number of fused-ring (bicyclic) bond motifs is 1. The number of carbonyl (C=O) groups excluding carboxylic acids is 3. The van der Waals surface area contributed by atoms with Crippen molar-refractivity contribution in [3.8, 4) is 0 Å². The molecule has 10 heteroatoms. The van der Waals surface area contributed by atoms with Gasteiger partial charge in [0.05, 0.1) is 12.0 Å². The summed E-state index contributed by atoms with van der Waals surface area (Å²) in [7, 11) is 0. The van der Waals surface area contributed by atoms with E-state index in [0.29, 0.717) is 17.5 Å². The average Bonchev–Trinajstić information content (AvgIpc) is 3.03. The first-order valence-corrected chi connectivity index (χ1v) is 10.6. The number of benzene rings is 1. The number of hydrogen-bond donors (Lipinski definition) is 1. The van der Waals surface area contributed by atoms with Crippen LogP contribution in [0, 0.1) is 17.8 Å². The van der Waals surface area contributed by atoms with Crippen molar-refractivity contribution in [1.29, 1.82) is 0 Å². The molecule has 0 spiro atoms. The molecule has 0 radical (unpaired) electrons. The van der Waals surface area contributed by atoms with E-state index in [1.807, 2.05) is 32.9 Å². The lowest BCUT2D eigenvalue weighted by Crippen LogP contribution is -2.44. The van der Waals surface area contributed by atoms with Gasteiger partial charge in [0, 0.05) is 31.0 Å². The van der Waals surface area contributed by atoms with Crippen LogP contribution in [-0.2, 0) is 19.1 Å². The Morgan fingerprint density at radius 3 is 2.31 bits per heavy atom. The number of rotatable bonds is 6. The lowest BCUT2D eigenvalue weighted by molar-refractivity contribution is -0.157. The largest absolute Gasteiger partial charge is 0.460 e. The van der Waals surface area contributed by atoms with E-state index in [0.717, 1.165) is 18.8 Å². The second-order valence-electron chi connectivity index (χ2n) is 9.45. The first kappa shape index (κ1) is 22.3. The zero-order chi connectivity index (χ0) is 23.2. The molecule has 1 aromatic rings. The van der Waals surface area contributed by atoms with E-state index in [-0.39, 0.29) is 25.0 Å². The standard InChI is InChI=1S/C22H27F2N3O5/c1-22(2,3)32-20(29)17-15-9-26(10-16(15)17)12-4-6-13(7-5-12)27-14(11-31-21(27)30)8-25-19(28)18(23)24/h4-7,14-18H,8-11H2,1-3H3,(H,25,28)/t14-,15-,16+,17?/m0/s1. The molecule has 1 aliphatic carbocycles. The Hall–Kier alpha value is -2.91. The number of halogens is 2. The molecule has 0 aromatic heterocycles. The predicted molar refractivity (Wildman–Crippen MR) is 112 cm³/mol. The Balaban J connectivity index is 1.34. The fraction of sp³-hybridized carbons (Fsp3) is 0.591. The van der Waals surface area contributed by atoms with Crippen molar-refractivity contribution in [2.24, 2.45) is 17.8 Å². The van der Waals surface area contributed by atoms with E-state index >= 15 is 0 Å². The fourth-order valence-electron chi connectivity index (χ4n) is 4.50. The Morgan fingerprint density at radius 2 is 1.75 bits per heavy atom. The minimum Gasteiger partial charge on any atom is -0.460 e. The maximum Gasteiger partial charge on any atom is 0.414 e. The molecule has 1 saturated carbocycles. The molecule has 2 heterocycles. The van der Waals surface area contributed by atoms with Gasteiger partial charge in [-0.15, -0.1) is 0 Å². The van der Waals surface area contributed by atoms with Crippen LogP contribution in [0.4, 0.5) is 25.0 Å². The van der Waals surface area contributed by atoms with Crippen molar-refractivity contribution >= 4 is 29.3 Å². The number of nitrogens with zero attached hydrogens (tertiary/aromatic N) is 2. The van der Waals surface area contributed by atoms with Crippen molar-refractivity contribution in [2.45, 2.75) is 38.8 Å². The Kier molecular flexibility index (Phi) is 5.72. The Labute approximate surface area is 184 Å². The van der Waals surface area contributed by atoms with Gasteiger partial charge in [-0.3, -0.25) is 14.5 Å². The van der Waals surface area contributed by atoms with Crippen molar-refractivity contribution < 1.29 is 32.6 Å². The molecule has 3 fully saturated rings. The van der Waals surface area contributed by atoms with Crippen LogP contribution in [0.5, 0.6) is 0 Å². The smallest absolute Gasteiger partial charge is 0.414 e. The molecule has 2 amide bonds. The number of alkyl halides is 2. The van der Waals surface area contributed by atoms with Crippen LogP contribution >= 0.6 is 0 Å². The molecular formula is C22H27F2N3O5. The summed E-state index contributed by atoms with van der Waals surface area (Å²) in [5.74, 6) is -0.952. The normalized spacial score (nSPS) is 26.8. The highest BCUT2D eigenvalue weighted by molar-refractivity contribution is 5.91. The highest BCUT2D eigenvalue weighted by Gasteiger charge is 2.60. The Bertz CT molecular complexity index is 890. The van der Waals surface area contributed by atoms with Gasteiger partial charge in [-0.2, -0.15) is 8.78 Å². The van der Waals surface area contributed by atoms with Gasteiger partial charge in [0.15, 0.2) is 0 Å². The van der Waals surface area contributed by atoms with Crippen LogP contribution in [0.1, 0.15) is 20.8 Å². The van der Waals surface area contributed by atoms with Crippen molar-refractivity contribution in [3.63, 3.8) is 0 Å². The fourth-order valence-corrected chi connectivity index (χ4v) is 4.50. The summed E-state index contributed by atoms with van der Waals surface area (Å²) in [5, 5.41) is 2.13. The summed E-state index contributed by atoms with van der Waals surface area (Å²) in [5.41, 5.74) is 1.04. The van der Waals surface area contributed by atoms with Crippen LogP contribution in [0.2, 0.25) is 0 Å². The molecule has 1 unspecified atom stereocenters. The first-order chi connectivity index (χ1) is 15.0. The highest BCUT2D eigenvalue weighted by Crippen LogP contribution is 2.53. The maximum atomic E-state index is 12.4. The molecule has 4 rings (SSSR count). The second kappa shape index (κ2) is 8.22. The predicted octanol–water partition coefficient (Wildman–Crippen LogP) is 2.42. The summed E-state index contributed by atoms with van der Waals surface area (Å²) in [4.78, 5) is 39.1. The van der Waals surface area contributed by atoms with Crippen LogP contribution < -0.4 is 15.1 Å². The topological polar surface area (TPSA) is 88.2 Å². The van der Waals surface area contributed by atoms with Gasteiger partial charge >= 0.3 is 18.5 Å². The molecule has 2 saturated heterocycles. The van der Waals surface area contributed by atoms with Crippen molar-refractivity contribution in [2.75, 3.05) is 36.0 Å². The molecule has 1 N–H and O–H groups in total. The van der Waals surface area contributed by atoms with Crippen LogP contribution in [-0.4, -0.2) is 62.3 Å². The van der Waals surface area contributed by atoms with Gasteiger partial charge in [0.25, 0.3) is 5.91 Å². The number of cyclic esters (lactones) is 1. The van der Waals surface area contributed by atoms with Gasteiger partial charge in [0.1, 0.15) is 12.2 Å². The van der Waals surface area contributed by atoms with Crippen LogP contribution in [0.25, 0.3) is 0 Å². The van der Waals surface area contributed by atoms with E-state index < -0.39 is 30.1 Å². The molecular weight excluding hydrogens is 424 g/mol. The molecule has 4 atom stereocenters. The lowest BCUT2D eigenvalue weighted by Gasteiger charge is -2.25. The van der Waals surface area contributed by atoms with Crippen molar-refractivity contribution in [1.82, 2.24) is 5.32 Å². The van der Waals surface area contributed by atoms with E-state index in [9.17, 15) is 23.2 Å². The number of carbonyl (C=O) groups is 3. The molecule has 0 bridgehead atoms. The Morgan fingerprint density at radius 1 is 1.16 bits per heavy atom. The zero-order valence-electron chi connectivity index (χ0n) is 18.2. The third kappa shape index (κ3) is 4.49. The number of amides is 2. The van der Waals surface area contributed by atoms with Crippen LogP contribution in [0.3, 0.4) is 0 Å². The average molecular weight is 451 g/mol. The second-order valence-corrected chi connectivity index (χ2v) is 9.45.